The van der Waals surface area contributed by atoms with Gasteiger partial charge in [0, 0.05) is 43.7 Å². The molecule has 1 saturated carbocycles. The summed E-state index contributed by atoms with van der Waals surface area (Å²) in [6.45, 7) is 8.93. The lowest BCUT2D eigenvalue weighted by Crippen LogP contribution is -2.32. The minimum atomic E-state index is -3.61. The molecule has 0 radical (unpaired) electrons. The summed E-state index contributed by atoms with van der Waals surface area (Å²) in [5.41, 5.74) is 2.77. The van der Waals surface area contributed by atoms with Gasteiger partial charge in [0.1, 0.15) is 11.6 Å². The maximum absolute atomic E-state index is 13.1. The standard InChI is InChI=1S/C22H26N2O2S.C11H13N3.C2H6/c1-17-11-13-19(14-12-17)23-15-18-16-24(22-10-6-5-9-21(18)22)27(25,26)20-7-3-2-4-8-20;1-8-12-10-7-5-4-6-9(10)11(13-8)14(2)3;1-2/h2-10,16-17,19,23H,11-15H2,1H3;4-7H,1-3H3;1-2H3. The first-order chi connectivity index (χ1) is 20.7. The van der Waals surface area contributed by atoms with Crippen LogP contribution in [0, 0.1) is 12.8 Å². The molecule has 6 rings (SSSR count). The zero-order valence-corrected chi connectivity index (χ0v) is 27.1. The van der Waals surface area contributed by atoms with Crippen LogP contribution in [-0.2, 0) is 16.6 Å². The van der Waals surface area contributed by atoms with Crippen LogP contribution in [0.3, 0.4) is 0 Å². The van der Waals surface area contributed by atoms with E-state index in [-0.39, 0.29) is 0 Å². The molecule has 43 heavy (non-hydrogen) atoms. The Morgan fingerprint density at radius 2 is 1.44 bits per heavy atom. The van der Waals surface area contributed by atoms with Crippen molar-refractivity contribution in [2.45, 2.75) is 70.9 Å². The van der Waals surface area contributed by atoms with Crippen molar-refractivity contribution in [1.82, 2.24) is 19.3 Å². The zero-order chi connectivity index (χ0) is 31.0. The Morgan fingerprint density at radius 1 is 0.837 bits per heavy atom. The van der Waals surface area contributed by atoms with E-state index in [1.165, 1.54) is 29.7 Å². The number of anilines is 1. The predicted octanol–water partition coefficient (Wildman–Crippen LogP) is 7.58. The van der Waals surface area contributed by atoms with E-state index in [0.717, 1.165) is 44.9 Å². The molecule has 0 atom stereocenters. The SMILES string of the molecule is CC.CC1CCC(NCc2cn(S(=O)(=O)c3ccccc3)c3ccccc23)CC1.Cc1nc(N(C)C)c2ccccc2n1. The average Bonchev–Trinajstić information content (AvgIpc) is 3.41. The van der Waals surface area contributed by atoms with Crippen LogP contribution in [0.25, 0.3) is 21.8 Å². The third-order valence-electron chi connectivity index (χ3n) is 7.78. The van der Waals surface area contributed by atoms with Crippen LogP contribution in [0.4, 0.5) is 5.82 Å². The largest absolute Gasteiger partial charge is 0.362 e. The van der Waals surface area contributed by atoms with E-state index in [1.54, 1.807) is 30.5 Å². The Bertz CT molecular complexity index is 1720. The first-order valence-corrected chi connectivity index (χ1v) is 16.7. The molecule has 3 aromatic carbocycles. The van der Waals surface area contributed by atoms with Crippen molar-refractivity contribution in [3.8, 4) is 0 Å². The van der Waals surface area contributed by atoms with Crippen molar-refractivity contribution in [3.05, 3.63) is 96.4 Å². The van der Waals surface area contributed by atoms with Crippen molar-refractivity contribution in [2.75, 3.05) is 19.0 Å². The van der Waals surface area contributed by atoms with Gasteiger partial charge in [-0.15, -0.1) is 0 Å². The number of hydrogen-bond acceptors (Lipinski definition) is 6. The maximum atomic E-state index is 13.1. The number of hydrogen-bond donors (Lipinski definition) is 1. The second-order valence-electron chi connectivity index (χ2n) is 11.1. The minimum absolute atomic E-state index is 0.312. The molecular formula is C35H45N5O2S. The van der Waals surface area contributed by atoms with E-state index >= 15 is 0 Å². The second kappa shape index (κ2) is 14.6. The van der Waals surface area contributed by atoms with E-state index in [2.05, 4.69) is 22.2 Å². The summed E-state index contributed by atoms with van der Waals surface area (Å²) in [6, 6.07) is 24.9. The van der Waals surface area contributed by atoms with Crippen LogP contribution in [-0.4, -0.2) is 42.5 Å². The fourth-order valence-electron chi connectivity index (χ4n) is 5.50. The van der Waals surface area contributed by atoms with Crippen molar-refractivity contribution in [2.24, 2.45) is 5.92 Å². The van der Waals surface area contributed by atoms with Gasteiger partial charge < -0.3 is 10.2 Å². The lowest BCUT2D eigenvalue weighted by Gasteiger charge is -2.27. The summed E-state index contributed by atoms with van der Waals surface area (Å²) in [4.78, 5) is 11.1. The van der Waals surface area contributed by atoms with Crippen LogP contribution in [0.2, 0.25) is 0 Å². The van der Waals surface area contributed by atoms with Gasteiger partial charge in [-0.25, -0.2) is 22.4 Å². The van der Waals surface area contributed by atoms with Crippen LogP contribution in [0.5, 0.6) is 0 Å². The van der Waals surface area contributed by atoms with Crippen molar-refractivity contribution in [3.63, 3.8) is 0 Å². The highest BCUT2D eigenvalue weighted by Gasteiger charge is 2.22. The number of fused-ring (bicyclic) bond motifs is 2. The Labute approximate surface area is 257 Å². The maximum Gasteiger partial charge on any atom is 0.268 e. The molecule has 0 spiro atoms. The number of aryl methyl sites for hydroxylation is 1. The highest BCUT2D eigenvalue weighted by atomic mass is 32.2. The Hall–Kier alpha value is -3.75. The monoisotopic (exact) mass is 599 g/mol. The second-order valence-corrected chi connectivity index (χ2v) is 12.9. The lowest BCUT2D eigenvalue weighted by molar-refractivity contribution is 0.307. The molecule has 0 bridgehead atoms. The van der Waals surface area contributed by atoms with E-state index in [0.29, 0.717) is 17.5 Å². The Kier molecular flexibility index (Phi) is 10.9. The number of para-hydroxylation sites is 2. The smallest absolute Gasteiger partial charge is 0.268 e. The first-order valence-electron chi connectivity index (χ1n) is 15.3. The molecule has 0 saturated heterocycles. The Morgan fingerprint density at radius 3 is 2.12 bits per heavy atom. The number of rotatable bonds is 6. The average molecular weight is 600 g/mol. The molecule has 0 aliphatic heterocycles. The van der Waals surface area contributed by atoms with Gasteiger partial charge in [0.25, 0.3) is 10.0 Å². The van der Waals surface area contributed by atoms with Crippen molar-refractivity contribution in [1.29, 1.82) is 0 Å². The first kappa shape index (κ1) is 32.2. The van der Waals surface area contributed by atoms with Gasteiger partial charge in [-0.3, -0.25) is 0 Å². The summed E-state index contributed by atoms with van der Waals surface area (Å²) in [7, 11) is 0.382. The molecule has 8 heteroatoms. The molecule has 1 fully saturated rings. The summed E-state index contributed by atoms with van der Waals surface area (Å²) >= 11 is 0. The number of aromatic nitrogens is 3. The molecule has 228 valence electrons. The van der Waals surface area contributed by atoms with Crippen LogP contribution in [0.15, 0.2) is 90.0 Å². The fraction of sp³-hybridized carbons (Fsp3) is 0.371. The molecule has 1 N–H and O–H groups in total. The van der Waals surface area contributed by atoms with E-state index in [1.807, 2.05) is 94.4 Å². The molecule has 7 nitrogen and oxygen atoms in total. The van der Waals surface area contributed by atoms with Gasteiger partial charge in [-0.1, -0.05) is 69.3 Å². The molecule has 0 unspecified atom stereocenters. The topological polar surface area (TPSA) is 80.1 Å². The summed E-state index contributed by atoms with van der Waals surface area (Å²) in [5.74, 6) is 2.61. The molecule has 0 amide bonds. The minimum Gasteiger partial charge on any atom is -0.362 e. The summed E-state index contributed by atoms with van der Waals surface area (Å²) in [6.07, 6.45) is 6.71. The predicted molar refractivity (Wildman–Crippen MR) is 179 cm³/mol. The van der Waals surface area contributed by atoms with Gasteiger partial charge >= 0.3 is 0 Å². The van der Waals surface area contributed by atoms with E-state index in [9.17, 15) is 8.42 Å². The Balaban J connectivity index is 0.000000222. The van der Waals surface area contributed by atoms with Gasteiger partial charge in [-0.05, 0) is 74.4 Å². The van der Waals surface area contributed by atoms with Crippen LogP contribution in [0.1, 0.15) is 57.8 Å². The third-order valence-corrected chi connectivity index (χ3v) is 9.46. The quantitative estimate of drug-likeness (QED) is 0.217. The normalized spacial score (nSPS) is 16.6. The molecule has 5 aromatic rings. The summed E-state index contributed by atoms with van der Waals surface area (Å²) < 4.78 is 27.7. The van der Waals surface area contributed by atoms with Gasteiger partial charge in [-0.2, -0.15) is 0 Å². The van der Waals surface area contributed by atoms with E-state index < -0.39 is 10.0 Å². The molecule has 2 aromatic heterocycles. The van der Waals surface area contributed by atoms with Gasteiger partial charge in [0.05, 0.1) is 15.9 Å². The zero-order valence-electron chi connectivity index (χ0n) is 26.3. The summed E-state index contributed by atoms with van der Waals surface area (Å²) in [5, 5.41) is 5.74. The molecule has 1 aliphatic carbocycles. The number of benzene rings is 3. The van der Waals surface area contributed by atoms with Gasteiger partial charge in [0.2, 0.25) is 0 Å². The van der Waals surface area contributed by atoms with Crippen LogP contribution >= 0.6 is 0 Å². The number of nitrogens with zero attached hydrogens (tertiary/aromatic N) is 4. The lowest BCUT2D eigenvalue weighted by atomic mass is 9.87. The van der Waals surface area contributed by atoms with Gasteiger partial charge in [0.15, 0.2) is 0 Å². The van der Waals surface area contributed by atoms with Crippen molar-refractivity contribution >= 4 is 37.6 Å². The molecule has 1 aliphatic rings. The molecular weight excluding hydrogens is 554 g/mol. The van der Waals surface area contributed by atoms with Crippen molar-refractivity contribution < 1.29 is 8.42 Å². The number of nitrogens with one attached hydrogen (secondary N) is 1. The third kappa shape index (κ3) is 7.61. The van der Waals surface area contributed by atoms with E-state index in [4.69, 9.17) is 0 Å². The fourth-order valence-corrected chi connectivity index (χ4v) is 6.91. The van der Waals surface area contributed by atoms with Crippen LogP contribution < -0.4 is 10.2 Å². The molecule has 2 heterocycles. The highest BCUT2D eigenvalue weighted by molar-refractivity contribution is 7.90. The highest BCUT2D eigenvalue weighted by Crippen LogP contribution is 2.28.